The molecule has 0 heterocycles. The SMILES string of the molecule is CN(C)Cc1cccc([S@](N)(=O)=NC(=O)Nc2c3c(cc4c2CCC4)CCC3)c1. The second-order valence-electron chi connectivity index (χ2n) is 8.21. The monoisotopic (exact) mass is 412 g/mol. The molecule has 0 bridgehead atoms. The fraction of sp³-hybridized carbons (Fsp3) is 0.409. The van der Waals surface area contributed by atoms with Crippen LogP contribution < -0.4 is 10.5 Å². The van der Waals surface area contributed by atoms with Crippen molar-refractivity contribution in [2.45, 2.75) is 50.0 Å². The van der Waals surface area contributed by atoms with Crippen LogP contribution in [0.5, 0.6) is 0 Å². The first-order valence-corrected chi connectivity index (χ1v) is 11.7. The molecule has 2 aliphatic carbocycles. The van der Waals surface area contributed by atoms with Crippen LogP contribution in [-0.4, -0.2) is 29.2 Å². The first kappa shape index (κ1) is 20.1. The molecule has 0 saturated carbocycles. The number of amides is 2. The van der Waals surface area contributed by atoms with Crippen LogP contribution in [0.3, 0.4) is 0 Å². The fourth-order valence-electron chi connectivity index (χ4n) is 4.46. The number of anilines is 1. The molecule has 1 atom stereocenters. The number of hydrogen-bond acceptors (Lipinski definition) is 3. The van der Waals surface area contributed by atoms with Gasteiger partial charge in [0.05, 0.1) is 4.90 Å². The van der Waals surface area contributed by atoms with Crippen molar-refractivity contribution in [3.63, 3.8) is 0 Å². The van der Waals surface area contributed by atoms with Crippen LogP contribution in [-0.2, 0) is 42.1 Å². The van der Waals surface area contributed by atoms with Gasteiger partial charge in [0.15, 0.2) is 0 Å². The van der Waals surface area contributed by atoms with Crippen molar-refractivity contribution in [1.82, 2.24) is 4.90 Å². The molecule has 2 aromatic carbocycles. The van der Waals surface area contributed by atoms with Gasteiger partial charge in [0.25, 0.3) is 0 Å². The van der Waals surface area contributed by atoms with E-state index in [1.54, 1.807) is 18.2 Å². The van der Waals surface area contributed by atoms with Gasteiger partial charge >= 0.3 is 6.03 Å². The van der Waals surface area contributed by atoms with Crippen molar-refractivity contribution in [2.24, 2.45) is 9.50 Å². The van der Waals surface area contributed by atoms with Crippen LogP contribution in [0.1, 0.15) is 40.7 Å². The van der Waals surface area contributed by atoms with Crippen LogP contribution in [0.15, 0.2) is 39.6 Å². The number of nitrogens with one attached hydrogen (secondary N) is 1. The maximum atomic E-state index is 13.0. The van der Waals surface area contributed by atoms with Gasteiger partial charge in [-0.2, -0.15) is 0 Å². The van der Waals surface area contributed by atoms with Gasteiger partial charge in [0, 0.05) is 12.2 Å². The number of hydrogen-bond donors (Lipinski definition) is 2. The Morgan fingerprint density at radius 2 is 1.76 bits per heavy atom. The lowest BCUT2D eigenvalue weighted by atomic mass is 9.99. The summed E-state index contributed by atoms with van der Waals surface area (Å²) >= 11 is 0. The van der Waals surface area contributed by atoms with Gasteiger partial charge in [-0.15, -0.1) is 4.36 Å². The van der Waals surface area contributed by atoms with E-state index in [1.165, 1.54) is 22.3 Å². The van der Waals surface area contributed by atoms with E-state index in [4.69, 9.17) is 5.14 Å². The average molecular weight is 413 g/mol. The molecule has 0 spiro atoms. The third-order valence-corrected chi connectivity index (χ3v) is 7.02. The number of carbonyl (C=O) groups is 1. The van der Waals surface area contributed by atoms with Gasteiger partial charge in [-0.05, 0) is 92.6 Å². The normalized spacial score (nSPS) is 17.0. The Labute approximate surface area is 172 Å². The Balaban J connectivity index is 1.63. The Morgan fingerprint density at radius 3 is 2.38 bits per heavy atom. The summed E-state index contributed by atoms with van der Waals surface area (Å²) in [6.45, 7) is 0.692. The zero-order chi connectivity index (χ0) is 20.6. The van der Waals surface area contributed by atoms with Crippen molar-refractivity contribution in [3.05, 3.63) is 58.1 Å². The highest BCUT2D eigenvalue weighted by Gasteiger charge is 2.25. The van der Waals surface area contributed by atoms with E-state index in [-0.39, 0.29) is 0 Å². The molecule has 7 heteroatoms. The lowest BCUT2D eigenvalue weighted by Gasteiger charge is -2.15. The second kappa shape index (κ2) is 7.89. The molecular weight excluding hydrogens is 384 g/mol. The molecule has 2 amide bonds. The van der Waals surface area contributed by atoms with Crippen molar-refractivity contribution < 1.29 is 9.00 Å². The van der Waals surface area contributed by atoms with E-state index in [9.17, 15) is 9.00 Å². The largest absolute Gasteiger partial charge is 0.354 e. The summed E-state index contributed by atoms with van der Waals surface area (Å²) in [5.41, 5.74) is 6.94. The Bertz CT molecular complexity index is 1050. The molecule has 29 heavy (non-hydrogen) atoms. The molecule has 4 rings (SSSR count). The Hall–Kier alpha value is -2.22. The molecule has 0 radical (unpaired) electrons. The topological polar surface area (TPSA) is 87.8 Å². The standard InChI is InChI=1S/C22H28N4O2S/c1-26(2)14-15-6-3-9-18(12-15)29(23,28)25-22(27)24-21-19-10-4-7-16(19)13-17-8-5-11-20(17)21/h3,6,9,12-13H,4-5,7-8,10-11,14H2,1-2H3,(H3,23,24,25,27,28)/t29-/m1/s1. The van der Waals surface area contributed by atoms with E-state index in [2.05, 4.69) is 15.7 Å². The molecule has 3 N–H and O–H groups in total. The number of benzene rings is 2. The third kappa shape index (κ3) is 4.22. The molecule has 6 nitrogen and oxygen atoms in total. The minimum absolute atomic E-state index is 0.371. The van der Waals surface area contributed by atoms with Crippen LogP contribution in [0.2, 0.25) is 0 Å². The molecule has 0 unspecified atom stereocenters. The van der Waals surface area contributed by atoms with Crippen LogP contribution >= 0.6 is 0 Å². The summed E-state index contributed by atoms with van der Waals surface area (Å²) < 4.78 is 16.9. The predicted octanol–water partition coefficient (Wildman–Crippen LogP) is 3.66. The Morgan fingerprint density at radius 1 is 1.10 bits per heavy atom. The Kier molecular flexibility index (Phi) is 5.46. The van der Waals surface area contributed by atoms with Crippen molar-refractivity contribution in [3.8, 4) is 0 Å². The maximum Gasteiger partial charge on any atom is 0.354 e. The first-order chi connectivity index (χ1) is 13.8. The van der Waals surface area contributed by atoms with Gasteiger partial charge in [0.1, 0.15) is 9.92 Å². The first-order valence-electron chi connectivity index (χ1n) is 10.1. The van der Waals surface area contributed by atoms with Gasteiger partial charge < -0.3 is 10.2 Å². The van der Waals surface area contributed by atoms with E-state index < -0.39 is 15.9 Å². The van der Waals surface area contributed by atoms with Crippen LogP contribution in [0.25, 0.3) is 0 Å². The van der Waals surface area contributed by atoms with E-state index >= 15 is 0 Å². The van der Waals surface area contributed by atoms with Gasteiger partial charge in [0.2, 0.25) is 0 Å². The number of fused-ring (bicyclic) bond motifs is 2. The number of carbonyl (C=O) groups excluding carboxylic acids is 1. The highest BCUT2D eigenvalue weighted by Crippen LogP contribution is 2.38. The number of nitrogens with zero attached hydrogens (tertiary/aromatic N) is 2. The molecule has 0 aliphatic heterocycles. The quantitative estimate of drug-likeness (QED) is 0.803. The molecule has 0 saturated heterocycles. The predicted molar refractivity (Wildman–Crippen MR) is 116 cm³/mol. The maximum absolute atomic E-state index is 13.0. The summed E-state index contributed by atoms with van der Waals surface area (Å²) in [5, 5.41) is 8.95. The third-order valence-electron chi connectivity index (χ3n) is 5.66. The molecular formula is C22H28N4O2S. The zero-order valence-electron chi connectivity index (χ0n) is 17.0. The average Bonchev–Trinajstić information content (AvgIpc) is 3.29. The lowest BCUT2D eigenvalue weighted by Crippen LogP contribution is -2.19. The molecule has 154 valence electrons. The van der Waals surface area contributed by atoms with Crippen LogP contribution in [0, 0.1) is 0 Å². The van der Waals surface area contributed by atoms with Crippen molar-refractivity contribution >= 4 is 21.6 Å². The van der Waals surface area contributed by atoms with E-state index in [1.807, 2.05) is 25.1 Å². The summed E-state index contributed by atoms with van der Waals surface area (Å²) in [6.07, 6.45) is 6.23. The van der Waals surface area contributed by atoms with Gasteiger partial charge in [-0.25, -0.2) is 14.1 Å². The summed E-state index contributed by atoms with van der Waals surface area (Å²) in [5.74, 6) is 0. The summed E-state index contributed by atoms with van der Waals surface area (Å²) in [7, 11) is 0.597. The van der Waals surface area contributed by atoms with Gasteiger partial charge in [-0.3, -0.25) is 0 Å². The van der Waals surface area contributed by atoms with E-state index in [0.717, 1.165) is 49.8 Å². The smallest absolute Gasteiger partial charge is 0.305 e. The minimum Gasteiger partial charge on any atom is -0.305 e. The summed E-state index contributed by atoms with van der Waals surface area (Å²) in [6, 6.07) is 8.83. The fourth-order valence-corrected chi connectivity index (χ4v) is 5.45. The summed E-state index contributed by atoms with van der Waals surface area (Å²) in [4.78, 5) is 15.1. The lowest BCUT2D eigenvalue weighted by molar-refractivity contribution is 0.260. The van der Waals surface area contributed by atoms with Crippen molar-refractivity contribution in [2.75, 3.05) is 19.4 Å². The highest BCUT2D eigenvalue weighted by molar-refractivity contribution is 7.91. The zero-order valence-corrected chi connectivity index (χ0v) is 17.8. The number of urea groups is 1. The highest BCUT2D eigenvalue weighted by atomic mass is 32.2. The molecule has 2 aliphatic rings. The molecule has 0 fully saturated rings. The minimum atomic E-state index is -3.32. The molecule has 2 aromatic rings. The van der Waals surface area contributed by atoms with Crippen molar-refractivity contribution in [1.29, 1.82) is 0 Å². The van der Waals surface area contributed by atoms with E-state index in [0.29, 0.717) is 11.4 Å². The number of rotatable bonds is 4. The van der Waals surface area contributed by atoms with Crippen LogP contribution in [0.4, 0.5) is 10.5 Å². The number of aryl methyl sites for hydroxylation is 2. The van der Waals surface area contributed by atoms with Gasteiger partial charge in [-0.1, -0.05) is 18.2 Å². The second-order valence-corrected chi connectivity index (χ2v) is 10.0. The number of nitrogens with two attached hydrogens (primary N) is 1. The molecule has 0 aromatic heterocycles.